The largest absolute Gasteiger partial charge is 0.493 e. The van der Waals surface area contributed by atoms with E-state index < -0.39 is 6.04 Å². The number of ether oxygens (including phenoxy) is 2. The van der Waals surface area contributed by atoms with Gasteiger partial charge >= 0.3 is 0 Å². The molecule has 2 aromatic rings. The number of aryl methyl sites for hydroxylation is 1. The second kappa shape index (κ2) is 12.8. The Hall–Kier alpha value is -2.54. The molecule has 2 amide bonds. The van der Waals surface area contributed by atoms with E-state index in [1.807, 2.05) is 49.4 Å². The van der Waals surface area contributed by atoms with Gasteiger partial charge in [-0.15, -0.1) is 0 Å². The van der Waals surface area contributed by atoms with Gasteiger partial charge in [0, 0.05) is 23.5 Å². The maximum atomic E-state index is 13.4. The lowest BCUT2D eigenvalue weighted by atomic mass is 9.95. The molecule has 1 aliphatic carbocycles. The second-order valence-corrected chi connectivity index (χ2v) is 9.78. The van der Waals surface area contributed by atoms with Crippen LogP contribution in [0.3, 0.4) is 0 Å². The second-order valence-electron chi connectivity index (χ2n) is 8.86. The summed E-state index contributed by atoms with van der Waals surface area (Å²) < 4.78 is 11.6. The van der Waals surface area contributed by atoms with Crippen LogP contribution in [0.1, 0.15) is 56.6 Å². The maximum Gasteiger partial charge on any atom is 0.242 e. The van der Waals surface area contributed by atoms with Crippen LogP contribution in [0.15, 0.2) is 46.9 Å². The van der Waals surface area contributed by atoms with E-state index in [0.29, 0.717) is 30.9 Å². The Morgan fingerprint density at radius 1 is 1.03 bits per heavy atom. The normalized spacial score (nSPS) is 14.8. The average Bonchev–Trinajstić information content (AvgIpc) is 2.85. The molecule has 184 valence electrons. The van der Waals surface area contributed by atoms with Crippen LogP contribution in [0.2, 0.25) is 0 Å². The number of hydrogen-bond donors (Lipinski definition) is 1. The molecular formula is C27H35BrN2O4. The number of methoxy groups -OCH3 is 2. The van der Waals surface area contributed by atoms with Crippen molar-refractivity contribution in [2.45, 2.75) is 70.5 Å². The molecule has 0 bridgehead atoms. The fourth-order valence-electron chi connectivity index (χ4n) is 4.41. The lowest BCUT2D eigenvalue weighted by Gasteiger charge is -2.31. The first-order valence-electron chi connectivity index (χ1n) is 12.0. The molecule has 0 aromatic heterocycles. The van der Waals surface area contributed by atoms with Crippen molar-refractivity contribution in [3.05, 3.63) is 58.1 Å². The Morgan fingerprint density at radius 2 is 1.76 bits per heavy atom. The molecule has 0 saturated heterocycles. The summed E-state index contributed by atoms with van der Waals surface area (Å²) in [7, 11) is 3.19. The quantitative estimate of drug-likeness (QED) is 0.454. The molecule has 34 heavy (non-hydrogen) atoms. The van der Waals surface area contributed by atoms with E-state index in [1.165, 1.54) is 6.42 Å². The zero-order chi connectivity index (χ0) is 24.5. The van der Waals surface area contributed by atoms with Crippen LogP contribution < -0.4 is 14.8 Å². The molecule has 1 fully saturated rings. The average molecular weight is 531 g/mol. The van der Waals surface area contributed by atoms with Crippen LogP contribution in [0.4, 0.5) is 0 Å². The molecule has 1 N–H and O–H groups in total. The number of benzene rings is 2. The first kappa shape index (κ1) is 26.1. The predicted octanol–water partition coefficient (Wildman–Crippen LogP) is 5.27. The molecule has 1 aliphatic rings. The minimum absolute atomic E-state index is 0.0546. The Bertz CT molecular complexity index is 975. The van der Waals surface area contributed by atoms with E-state index in [4.69, 9.17) is 9.47 Å². The van der Waals surface area contributed by atoms with Crippen molar-refractivity contribution >= 4 is 27.7 Å². The Morgan fingerprint density at radius 3 is 2.44 bits per heavy atom. The third-order valence-electron chi connectivity index (χ3n) is 6.44. The van der Waals surface area contributed by atoms with Crippen molar-refractivity contribution in [3.63, 3.8) is 0 Å². The lowest BCUT2D eigenvalue weighted by Crippen LogP contribution is -2.50. The summed E-state index contributed by atoms with van der Waals surface area (Å²) in [5.74, 6) is 1.16. The standard InChI is InChI=1S/C27H35BrN2O4/c1-19(27(32)29-23-10-5-4-6-11-23)30(18-21-8-7-9-22(28)16-21)26(31)15-13-20-12-14-24(33-2)25(17-20)34-3/h7-9,12,14,16-17,19,23H,4-6,10-11,13,15,18H2,1-3H3,(H,29,32). The number of nitrogens with zero attached hydrogens (tertiary/aromatic N) is 1. The highest BCUT2D eigenvalue weighted by Crippen LogP contribution is 2.28. The van der Waals surface area contributed by atoms with Gasteiger partial charge in [0.05, 0.1) is 14.2 Å². The van der Waals surface area contributed by atoms with Gasteiger partial charge in [0.25, 0.3) is 0 Å². The van der Waals surface area contributed by atoms with E-state index >= 15 is 0 Å². The van der Waals surface area contributed by atoms with E-state index in [2.05, 4.69) is 21.2 Å². The number of rotatable bonds is 10. The van der Waals surface area contributed by atoms with Gasteiger partial charge in [0.1, 0.15) is 6.04 Å². The summed E-state index contributed by atoms with van der Waals surface area (Å²) in [4.78, 5) is 28.2. The van der Waals surface area contributed by atoms with Gasteiger partial charge in [-0.1, -0.05) is 53.4 Å². The van der Waals surface area contributed by atoms with Gasteiger partial charge in [-0.2, -0.15) is 0 Å². The van der Waals surface area contributed by atoms with Crippen molar-refractivity contribution < 1.29 is 19.1 Å². The van der Waals surface area contributed by atoms with E-state index in [1.54, 1.807) is 19.1 Å². The van der Waals surface area contributed by atoms with Crippen molar-refractivity contribution in [3.8, 4) is 11.5 Å². The van der Waals surface area contributed by atoms with Gasteiger partial charge < -0.3 is 19.7 Å². The fourth-order valence-corrected chi connectivity index (χ4v) is 4.86. The molecule has 0 radical (unpaired) electrons. The summed E-state index contributed by atoms with van der Waals surface area (Å²) in [6.45, 7) is 2.20. The maximum absolute atomic E-state index is 13.4. The summed E-state index contributed by atoms with van der Waals surface area (Å²) in [5.41, 5.74) is 1.96. The summed E-state index contributed by atoms with van der Waals surface area (Å²) in [5, 5.41) is 3.18. The van der Waals surface area contributed by atoms with Gasteiger partial charge in [-0.25, -0.2) is 0 Å². The molecule has 6 nitrogen and oxygen atoms in total. The Kier molecular flexibility index (Phi) is 9.81. The van der Waals surface area contributed by atoms with Crippen LogP contribution in [0.25, 0.3) is 0 Å². The Labute approximate surface area is 211 Å². The first-order valence-corrected chi connectivity index (χ1v) is 12.8. The zero-order valence-corrected chi connectivity index (χ0v) is 21.9. The smallest absolute Gasteiger partial charge is 0.242 e. The Balaban J connectivity index is 1.72. The number of hydrogen-bond acceptors (Lipinski definition) is 4. The van der Waals surface area contributed by atoms with Gasteiger partial charge in [-0.3, -0.25) is 9.59 Å². The van der Waals surface area contributed by atoms with Gasteiger partial charge in [0.15, 0.2) is 11.5 Å². The molecular weight excluding hydrogens is 496 g/mol. The summed E-state index contributed by atoms with van der Waals surface area (Å²) in [6, 6.07) is 13.2. The monoisotopic (exact) mass is 530 g/mol. The molecule has 0 spiro atoms. The molecule has 2 aromatic carbocycles. The van der Waals surface area contributed by atoms with Crippen LogP contribution >= 0.6 is 15.9 Å². The molecule has 1 unspecified atom stereocenters. The third-order valence-corrected chi connectivity index (χ3v) is 6.93. The van der Waals surface area contributed by atoms with Gasteiger partial charge in [0.2, 0.25) is 11.8 Å². The highest BCUT2D eigenvalue weighted by molar-refractivity contribution is 9.10. The highest BCUT2D eigenvalue weighted by atomic mass is 79.9. The first-order chi connectivity index (χ1) is 16.4. The molecule has 1 saturated carbocycles. The topological polar surface area (TPSA) is 67.9 Å². The summed E-state index contributed by atoms with van der Waals surface area (Å²) >= 11 is 3.50. The van der Waals surface area contributed by atoms with Crippen LogP contribution in [0.5, 0.6) is 11.5 Å². The number of nitrogens with one attached hydrogen (secondary N) is 1. The fraction of sp³-hybridized carbons (Fsp3) is 0.481. The van der Waals surface area contributed by atoms with E-state index in [9.17, 15) is 9.59 Å². The molecule has 3 rings (SSSR count). The van der Waals surface area contributed by atoms with Crippen LogP contribution in [-0.2, 0) is 22.6 Å². The van der Waals surface area contributed by atoms with Crippen molar-refractivity contribution in [1.82, 2.24) is 10.2 Å². The van der Waals surface area contributed by atoms with Crippen LogP contribution in [-0.4, -0.2) is 43.0 Å². The van der Waals surface area contributed by atoms with E-state index in [0.717, 1.165) is 41.3 Å². The summed E-state index contributed by atoms with van der Waals surface area (Å²) in [6.07, 6.45) is 6.38. The van der Waals surface area contributed by atoms with Gasteiger partial charge in [-0.05, 0) is 61.6 Å². The molecule has 7 heteroatoms. The minimum atomic E-state index is -0.557. The number of halogens is 1. The van der Waals surface area contributed by atoms with Crippen molar-refractivity contribution in [2.75, 3.05) is 14.2 Å². The lowest BCUT2D eigenvalue weighted by molar-refractivity contribution is -0.141. The van der Waals surface area contributed by atoms with E-state index in [-0.39, 0.29) is 17.9 Å². The molecule has 0 heterocycles. The highest BCUT2D eigenvalue weighted by Gasteiger charge is 2.28. The van der Waals surface area contributed by atoms with Crippen molar-refractivity contribution in [2.24, 2.45) is 0 Å². The molecule has 0 aliphatic heterocycles. The van der Waals surface area contributed by atoms with Crippen LogP contribution in [0, 0.1) is 0 Å². The SMILES string of the molecule is COc1ccc(CCC(=O)N(Cc2cccc(Br)c2)C(C)C(=O)NC2CCCCC2)cc1OC. The number of amides is 2. The zero-order valence-electron chi connectivity index (χ0n) is 20.3. The van der Waals surface area contributed by atoms with Crippen molar-refractivity contribution in [1.29, 1.82) is 0 Å². The third kappa shape index (κ3) is 7.23. The molecule has 1 atom stereocenters. The predicted molar refractivity (Wildman–Crippen MR) is 137 cm³/mol. The minimum Gasteiger partial charge on any atom is -0.493 e. The number of carbonyl (C=O) groups is 2. The number of carbonyl (C=O) groups excluding carboxylic acids is 2.